The molecule has 0 atom stereocenters. The normalized spacial score (nSPS) is 16.8. The topological polar surface area (TPSA) is 39.7 Å². The number of rotatable bonds is 8. The van der Waals surface area contributed by atoms with Crippen molar-refractivity contribution < 1.29 is 13.2 Å². The fourth-order valence-corrected chi connectivity index (χ4v) is 3.65. The molecule has 1 aromatic rings. The molecule has 0 aromatic heterocycles. The minimum absolute atomic E-state index is 0.187. The number of likely N-dealkylation sites (N-methyl/N-ethyl adjacent to an activating group) is 1. The van der Waals surface area contributed by atoms with Gasteiger partial charge in [-0.1, -0.05) is 18.2 Å². The molecule has 4 nitrogen and oxygen atoms in total. The molecule has 140 valence electrons. The first kappa shape index (κ1) is 19.9. The lowest BCUT2D eigenvalue weighted by Crippen LogP contribution is -2.44. The van der Waals surface area contributed by atoms with E-state index in [9.17, 15) is 13.2 Å². The number of hydrogen-bond acceptors (Lipinski definition) is 3. The maximum Gasteiger partial charge on any atom is 0.401 e. The van der Waals surface area contributed by atoms with Crippen LogP contribution in [0.5, 0.6) is 0 Å². The summed E-state index contributed by atoms with van der Waals surface area (Å²) in [5.41, 5.74) is 0. The predicted molar refractivity (Wildman–Crippen MR) is 97.2 cm³/mol. The third-order valence-electron chi connectivity index (χ3n) is 3.92. The SMILES string of the molecule is CN=C(NCCN(C)CC(F)(F)F)NCC1(Sc2ccccc2)CC1. The quantitative estimate of drug-likeness (QED) is 0.542. The Labute approximate surface area is 151 Å². The van der Waals surface area contributed by atoms with Crippen molar-refractivity contribution in [3.05, 3.63) is 30.3 Å². The van der Waals surface area contributed by atoms with E-state index in [-0.39, 0.29) is 4.75 Å². The molecule has 8 heteroatoms. The zero-order valence-corrected chi connectivity index (χ0v) is 15.4. The van der Waals surface area contributed by atoms with Crippen molar-refractivity contribution in [3.63, 3.8) is 0 Å². The zero-order valence-electron chi connectivity index (χ0n) is 14.6. The van der Waals surface area contributed by atoms with Gasteiger partial charge < -0.3 is 10.6 Å². The third-order valence-corrected chi connectivity index (χ3v) is 5.42. The molecule has 1 fully saturated rings. The minimum Gasteiger partial charge on any atom is -0.355 e. The molecule has 0 saturated heterocycles. The standard InChI is InChI=1S/C17H25F3N4S/c1-21-15(22-10-11-24(2)13-17(18,19)20)23-12-16(8-9-16)25-14-6-4-3-5-7-14/h3-7H,8-13H2,1-2H3,(H2,21,22,23). The van der Waals surface area contributed by atoms with E-state index in [1.54, 1.807) is 7.05 Å². The van der Waals surface area contributed by atoms with Crippen LogP contribution < -0.4 is 10.6 Å². The van der Waals surface area contributed by atoms with Crippen molar-refractivity contribution in [3.8, 4) is 0 Å². The fraction of sp³-hybridized carbons (Fsp3) is 0.588. The monoisotopic (exact) mass is 374 g/mol. The minimum atomic E-state index is -4.16. The van der Waals surface area contributed by atoms with Gasteiger partial charge in [-0.3, -0.25) is 9.89 Å². The van der Waals surface area contributed by atoms with Crippen LogP contribution in [0.1, 0.15) is 12.8 Å². The molecule has 1 aliphatic rings. The van der Waals surface area contributed by atoms with E-state index < -0.39 is 12.7 Å². The molecule has 0 spiro atoms. The second-order valence-electron chi connectivity index (χ2n) is 6.30. The Morgan fingerprint density at radius 2 is 1.92 bits per heavy atom. The first-order valence-electron chi connectivity index (χ1n) is 8.26. The van der Waals surface area contributed by atoms with Gasteiger partial charge in [0.1, 0.15) is 0 Å². The Kier molecular flexibility index (Phi) is 7.01. The van der Waals surface area contributed by atoms with Gasteiger partial charge in [0.15, 0.2) is 5.96 Å². The highest BCUT2D eigenvalue weighted by atomic mass is 32.2. The molecule has 1 aliphatic carbocycles. The van der Waals surface area contributed by atoms with Crippen molar-refractivity contribution >= 4 is 17.7 Å². The summed E-state index contributed by atoms with van der Waals surface area (Å²) in [6.07, 6.45) is -1.88. The highest BCUT2D eigenvalue weighted by Gasteiger charge is 2.43. The maximum atomic E-state index is 12.3. The molecule has 1 saturated carbocycles. The maximum absolute atomic E-state index is 12.3. The van der Waals surface area contributed by atoms with E-state index in [4.69, 9.17) is 0 Å². The van der Waals surface area contributed by atoms with E-state index in [1.165, 1.54) is 16.8 Å². The number of guanidine groups is 1. The summed E-state index contributed by atoms with van der Waals surface area (Å²) < 4.78 is 37.1. The van der Waals surface area contributed by atoms with Gasteiger partial charge in [0.25, 0.3) is 0 Å². The lowest BCUT2D eigenvalue weighted by Gasteiger charge is -2.21. The Morgan fingerprint density at radius 3 is 2.48 bits per heavy atom. The van der Waals surface area contributed by atoms with E-state index in [0.29, 0.717) is 19.0 Å². The molecule has 0 unspecified atom stereocenters. The molecule has 0 heterocycles. The summed E-state index contributed by atoms with van der Waals surface area (Å²) in [7, 11) is 3.12. The number of nitrogens with zero attached hydrogens (tertiary/aromatic N) is 2. The van der Waals surface area contributed by atoms with Gasteiger partial charge in [0.2, 0.25) is 0 Å². The number of benzene rings is 1. The Balaban J connectivity index is 1.70. The summed E-state index contributed by atoms with van der Waals surface area (Å²) >= 11 is 1.87. The van der Waals surface area contributed by atoms with Crippen LogP contribution in [0.4, 0.5) is 13.2 Å². The van der Waals surface area contributed by atoms with E-state index >= 15 is 0 Å². The van der Waals surface area contributed by atoms with E-state index in [0.717, 1.165) is 19.4 Å². The molecule has 2 N–H and O–H groups in total. The molecule has 0 aliphatic heterocycles. The predicted octanol–water partition coefficient (Wildman–Crippen LogP) is 2.97. The number of alkyl halides is 3. The lowest BCUT2D eigenvalue weighted by atomic mass is 10.4. The van der Waals surface area contributed by atoms with Crippen molar-refractivity contribution in [2.45, 2.75) is 28.7 Å². The average Bonchev–Trinajstić information content (AvgIpc) is 3.29. The van der Waals surface area contributed by atoms with Crippen LogP contribution in [0.25, 0.3) is 0 Å². The molecule has 25 heavy (non-hydrogen) atoms. The fourth-order valence-electron chi connectivity index (χ4n) is 2.41. The number of hydrogen-bond donors (Lipinski definition) is 2. The second kappa shape index (κ2) is 8.80. The van der Waals surface area contributed by atoms with Gasteiger partial charge in [-0.15, -0.1) is 11.8 Å². The second-order valence-corrected chi connectivity index (χ2v) is 7.85. The van der Waals surface area contributed by atoms with E-state index in [1.807, 2.05) is 30.0 Å². The molecular formula is C17H25F3N4S. The van der Waals surface area contributed by atoms with Crippen LogP contribution in [-0.4, -0.2) is 62.1 Å². The van der Waals surface area contributed by atoms with Gasteiger partial charge in [0, 0.05) is 36.3 Å². The number of halogens is 3. The van der Waals surface area contributed by atoms with Crippen molar-refractivity contribution in [1.29, 1.82) is 0 Å². The van der Waals surface area contributed by atoms with E-state index in [2.05, 4.69) is 27.8 Å². The lowest BCUT2D eigenvalue weighted by molar-refractivity contribution is -0.142. The molecule has 0 radical (unpaired) electrons. The van der Waals surface area contributed by atoms with Crippen LogP contribution in [-0.2, 0) is 0 Å². The summed E-state index contributed by atoms with van der Waals surface area (Å²) in [6, 6.07) is 10.3. The molecule has 0 bridgehead atoms. The largest absolute Gasteiger partial charge is 0.401 e. The molecular weight excluding hydrogens is 349 g/mol. The average molecular weight is 374 g/mol. The van der Waals surface area contributed by atoms with Crippen LogP contribution in [0.3, 0.4) is 0 Å². The van der Waals surface area contributed by atoms with Gasteiger partial charge in [-0.2, -0.15) is 13.2 Å². The van der Waals surface area contributed by atoms with Crippen LogP contribution in [0.15, 0.2) is 40.2 Å². The van der Waals surface area contributed by atoms with Crippen LogP contribution >= 0.6 is 11.8 Å². The smallest absolute Gasteiger partial charge is 0.355 e. The Hall–Kier alpha value is -1.41. The van der Waals surface area contributed by atoms with Gasteiger partial charge in [-0.05, 0) is 32.0 Å². The number of thioether (sulfide) groups is 1. The molecule has 1 aromatic carbocycles. The Bertz CT molecular complexity index is 559. The van der Waals surface area contributed by atoms with Gasteiger partial charge in [-0.25, -0.2) is 0 Å². The summed E-state index contributed by atoms with van der Waals surface area (Å²) in [4.78, 5) is 6.63. The highest BCUT2D eigenvalue weighted by Crippen LogP contribution is 2.51. The van der Waals surface area contributed by atoms with Gasteiger partial charge in [0.05, 0.1) is 6.54 Å². The molecule has 2 rings (SSSR count). The summed E-state index contributed by atoms with van der Waals surface area (Å²) in [6.45, 7) is 0.581. The van der Waals surface area contributed by atoms with Crippen molar-refractivity contribution in [2.24, 2.45) is 4.99 Å². The van der Waals surface area contributed by atoms with Crippen LogP contribution in [0, 0.1) is 0 Å². The van der Waals surface area contributed by atoms with Gasteiger partial charge >= 0.3 is 6.18 Å². The molecule has 0 amide bonds. The highest BCUT2D eigenvalue weighted by molar-refractivity contribution is 8.01. The number of aliphatic imine (C=N–C) groups is 1. The number of nitrogens with one attached hydrogen (secondary N) is 2. The Morgan fingerprint density at radius 1 is 1.24 bits per heavy atom. The van der Waals surface area contributed by atoms with Crippen LogP contribution in [0.2, 0.25) is 0 Å². The summed E-state index contributed by atoms with van der Waals surface area (Å²) in [5, 5.41) is 6.36. The first-order chi connectivity index (χ1) is 11.8. The third kappa shape index (κ3) is 7.56. The van der Waals surface area contributed by atoms with Crippen molar-refractivity contribution in [2.75, 3.05) is 40.3 Å². The first-order valence-corrected chi connectivity index (χ1v) is 9.07. The zero-order chi connectivity index (χ0) is 18.3. The van der Waals surface area contributed by atoms with Crippen molar-refractivity contribution in [1.82, 2.24) is 15.5 Å². The summed E-state index contributed by atoms with van der Waals surface area (Å²) in [5.74, 6) is 0.625.